The molecule has 1 aromatic rings. The third-order valence-corrected chi connectivity index (χ3v) is 4.94. The minimum atomic E-state index is 0.336. The van der Waals surface area contributed by atoms with Gasteiger partial charge in [-0.3, -0.25) is 9.88 Å². The summed E-state index contributed by atoms with van der Waals surface area (Å²) in [5.74, 6) is 0. The second-order valence-electron chi connectivity index (χ2n) is 6.29. The van der Waals surface area contributed by atoms with E-state index in [-0.39, 0.29) is 0 Å². The average Bonchev–Trinajstić information content (AvgIpc) is 2.99. The Morgan fingerprint density at radius 1 is 1.22 bits per heavy atom. The maximum absolute atomic E-state index is 5.64. The summed E-state index contributed by atoms with van der Waals surface area (Å²) in [6.07, 6.45) is 7.53. The molecule has 0 spiro atoms. The number of thiocarbonyl (C=S) groups is 1. The van der Waals surface area contributed by atoms with Crippen LogP contribution in [0.1, 0.15) is 24.8 Å². The van der Waals surface area contributed by atoms with Crippen molar-refractivity contribution in [1.82, 2.24) is 20.1 Å². The van der Waals surface area contributed by atoms with Crippen LogP contribution in [0.2, 0.25) is 0 Å². The van der Waals surface area contributed by atoms with E-state index in [4.69, 9.17) is 17.0 Å². The molecule has 23 heavy (non-hydrogen) atoms. The summed E-state index contributed by atoms with van der Waals surface area (Å²) in [6.45, 7) is 6.92. The van der Waals surface area contributed by atoms with E-state index in [1.807, 2.05) is 12.4 Å². The van der Waals surface area contributed by atoms with Crippen molar-refractivity contribution in [2.24, 2.45) is 0 Å². The Morgan fingerprint density at radius 2 is 2.09 bits per heavy atom. The summed E-state index contributed by atoms with van der Waals surface area (Å²) in [5, 5.41) is 4.27. The molecule has 2 aliphatic rings. The van der Waals surface area contributed by atoms with Crippen LogP contribution in [0, 0.1) is 0 Å². The minimum Gasteiger partial charge on any atom is -0.376 e. The summed E-state index contributed by atoms with van der Waals surface area (Å²) in [5.41, 5.74) is 1.33. The maximum atomic E-state index is 5.64. The van der Waals surface area contributed by atoms with E-state index in [1.54, 1.807) is 0 Å². The summed E-state index contributed by atoms with van der Waals surface area (Å²) in [4.78, 5) is 8.88. The monoisotopic (exact) mass is 334 g/mol. The summed E-state index contributed by atoms with van der Waals surface area (Å²) >= 11 is 5.57. The smallest absolute Gasteiger partial charge is 0.169 e. The molecular weight excluding hydrogens is 308 g/mol. The first kappa shape index (κ1) is 16.6. The number of rotatable bonds is 4. The Kier molecular flexibility index (Phi) is 6.19. The molecule has 1 N–H and O–H groups in total. The highest BCUT2D eigenvalue weighted by molar-refractivity contribution is 7.80. The lowest BCUT2D eigenvalue weighted by molar-refractivity contribution is 0.113. The van der Waals surface area contributed by atoms with E-state index in [0.29, 0.717) is 6.10 Å². The van der Waals surface area contributed by atoms with Crippen LogP contribution in [0.15, 0.2) is 24.5 Å². The Bertz CT molecular complexity index is 493. The van der Waals surface area contributed by atoms with Crippen LogP contribution in [-0.4, -0.2) is 65.3 Å². The molecule has 0 radical (unpaired) electrons. The fourth-order valence-corrected chi connectivity index (χ4v) is 3.46. The molecule has 3 rings (SSSR count). The van der Waals surface area contributed by atoms with Gasteiger partial charge in [0.25, 0.3) is 0 Å². The lowest BCUT2D eigenvalue weighted by Crippen LogP contribution is -2.44. The van der Waals surface area contributed by atoms with Gasteiger partial charge in [-0.05, 0) is 49.2 Å². The third-order valence-electron chi connectivity index (χ3n) is 4.54. The van der Waals surface area contributed by atoms with Crippen molar-refractivity contribution in [3.8, 4) is 0 Å². The molecule has 2 fully saturated rings. The van der Waals surface area contributed by atoms with Crippen LogP contribution in [0.25, 0.3) is 0 Å². The Labute approximate surface area is 144 Å². The quantitative estimate of drug-likeness (QED) is 0.845. The zero-order valence-corrected chi connectivity index (χ0v) is 14.4. The Morgan fingerprint density at radius 3 is 2.87 bits per heavy atom. The maximum Gasteiger partial charge on any atom is 0.169 e. The lowest BCUT2D eigenvalue weighted by Gasteiger charge is -2.25. The highest BCUT2D eigenvalue weighted by Gasteiger charge is 2.19. The number of hydrogen-bond acceptors (Lipinski definition) is 4. The fourth-order valence-electron chi connectivity index (χ4n) is 3.20. The highest BCUT2D eigenvalue weighted by atomic mass is 32.1. The molecule has 1 atom stereocenters. The predicted octanol–water partition coefficient (Wildman–Crippen LogP) is 1.64. The summed E-state index contributed by atoms with van der Waals surface area (Å²) in [7, 11) is 0. The predicted molar refractivity (Wildman–Crippen MR) is 95.3 cm³/mol. The summed E-state index contributed by atoms with van der Waals surface area (Å²) in [6, 6.07) is 4.19. The van der Waals surface area contributed by atoms with E-state index in [1.165, 1.54) is 12.0 Å². The molecule has 0 bridgehead atoms. The first-order valence-electron chi connectivity index (χ1n) is 8.57. The van der Waals surface area contributed by atoms with Gasteiger partial charge in [0.1, 0.15) is 0 Å². The molecule has 0 aromatic carbocycles. The largest absolute Gasteiger partial charge is 0.376 e. The molecule has 126 valence electrons. The second-order valence-corrected chi connectivity index (χ2v) is 6.68. The van der Waals surface area contributed by atoms with Crippen LogP contribution in [-0.2, 0) is 11.3 Å². The molecule has 1 unspecified atom stereocenters. The standard InChI is InChI=1S/C17H26N4OS/c23-17(19-13-16-3-1-12-22-16)21-9-2-8-20(10-11-21)14-15-4-6-18-7-5-15/h4-7,16H,1-3,8-14H2,(H,19,23). The SMILES string of the molecule is S=C(NCC1CCCO1)N1CCCN(Cc2ccncc2)CC1. The first-order valence-corrected chi connectivity index (χ1v) is 8.98. The van der Waals surface area contributed by atoms with Gasteiger partial charge >= 0.3 is 0 Å². The molecule has 2 saturated heterocycles. The molecule has 0 saturated carbocycles. The van der Waals surface area contributed by atoms with Crippen molar-refractivity contribution in [3.05, 3.63) is 30.1 Å². The van der Waals surface area contributed by atoms with Gasteiger partial charge in [-0.2, -0.15) is 0 Å². The third kappa shape index (κ3) is 5.12. The number of hydrogen-bond donors (Lipinski definition) is 1. The van der Waals surface area contributed by atoms with Gasteiger partial charge in [0.05, 0.1) is 6.10 Å². The molecule has 2 aliphatic heterocycles. The van der Waals surface area contributed by atoms with Gasteiger partial charge < -0.3 is 15.0 Å². The van der Waals surface area contributed by atoms with Gasteiger partial charge in [-0.25, -0.2) is 0 Å². The summed E-state index contributed by atoms with van der Waals surface area (Å²) < 4.78 is 5.64. The number of nitrogens with zero attached hydrogens (tertiary/aromatic N) is 3. The number of pyridine rings is 1. The average molecular weight is 334 g/mol. The number of ether oxygens (including phenoxy) is 1. The topological polar surface area (TPSA) is 40.6 Å². The highest BCUT2D eigenvalue weighted by Crippen LogP contribution is 2.11. The Hall–Kier alpha value is -1.24. The Balaban J connectivity index is 1.43. The zero-order valence-electron chi connectivity index (χ0n) is 13.6. The van der Waals surface area contributed by atoms with Crippen LogP contribution < -0.4 is 5.32 Å². The van der Waals surface area contributed by atoms with Gasteiger partial charge in [0.2, 0.25) is 0 Å². The normalized spacial score (nSPS) is 22.8. The van der Waals surface area contributed by atoms with Crippen molar-refractivity contribution < 1.29 is 4.74 Å². The van der Waals surface area contributed by atoms with Crippen molar-refractivity contribution in [2.45, 2.75) is 31.9 Å². The van der Waals surface area contributed by atoms with Crippen molar-refractivity contribution in [1.29, 1.82) is 0 Å². The lowest BCUT2D eigenvalue weighted by atomic mass is 10.2. The van der Waals surface area contributed by atoms with Crippen LogP contribution in [0.4, 0.5) is 0 Å². The van der Waals surface area contributed by atoms with Crippen molar-refractivity contribution >= 4 is 17.3 Å². The molecule has 6 heteroatoms. The van der Waals surface area contributed by atoms with Gasteiger partial charge in [0.15, 0.2) is 5.11 Å². The molecular formula is C17H26N4OS. The zero-order chi connectivity index (χ0) is 15.9. The van der Waals surface area contributed by atoms with Crippen LogP contribution in [0.5, 0.6) is 0 Å². The molecule has 0 amide bonds. The second kappa shape index (κ2) is 8.57. The van der Waals surface area contributed by atoms with E-state index in [9.17, 15) is 0 Å². The van der Waals surface area contributed by atoms with Gasteiger partial charge in [0, 0.05) is 58.3 Å². The van der Waals surface area contributed by atoms with Crippen molar-refractivity contribution in [2.75, 3.05) is 39.3 Å². The van der Waals surface area contributed by atoms with Crippen LogP contribution >= 0.6 is 12.2 Å². The number of nitrogens with one attached hydrogen (secondary N) is 1. The molecule has 3 heterocycles. The van der Waals surface area contributed by atoms with Crippen molar-refractivity contribution in [3.63, 3.8) is 0 Å². The van der Waals surface area contributed by atoms with Crippen LogP contribution in [0.3, 0.4) is 0 Å². The van der Waals surface area contributed by atoms with E-state index >= 15 is 0 Å². The van der Waals surface area contributed by atoms with Gasteiger partial charge in [-0.1, -0.05) is 0 Å². The fraction of sp³-hybridized carbons (Fsp3) is 0.647. The van der Waals surface area contributed by atoms with E-state index in [2.05, 4.69) is 32.2 Å². The first-order chi connectivity index (χ1) is 11.3. The van der Waals surface area contributed by atoms with E-state index < -0.39 is 0 Å². The van der Waals surface area contributed by atoms with E-state index in [0.717, 1.165) is 63.8 Å². The molecule has 0 aliphatic carbocycles. The minimum absolute atomic E-state index is 0.336. The van der Waals surface area contributed by atoms with Gasteiger partial charge in [-0.15, -0.1) is 0 Å². The number of aromatic nitrogens is 1. The molecule has 1 aromatic heterocycles. The molecule has 5 nitrogen and oxygen atoms in total.